The maximum absolute atomic E-state index is 10.1. The SMILES string of the molecule is CCCN(Cc1cc(Cl)cc(Cl)c1O)CC1CCCCN1. The lowest BCUT2D eigenvalue weighted by Crippen LogP contribution is -2.43. The zero-order chi connectivity index (χ0) is 15.2. The maximum Gasteiger partial charge on any atom is 0.138 e. The Balaban J connectivity index is 2.04. The van der Waals surface area contributed by atoms with Crippen molar-refractivity contribution < 1.29 is 5.11 Å². The van der Waals surface area contributed by atoms with Gasteiger partial charge in [-0.2, -0.15) is 0 Å². The predicted molar refractivity (Wildman–Crippen MR) is 89.3 cm³/mol. The summed E-state index contributed by atoms with van der Waals surface area (Å²) in [4.78, 5) is 2.37. The van der Waals surface area contributed by atoms with Gasteiger partial charge in [0.15, 0.2) is 0 Å². The Kier molecular flexibility index (Phi) is 6.62. The predicted octanol–water partition coefficient (Wildman–Crippen LogP) is 4.05. The van der Waals surface area contributed by atoms with Crippen molar-refractivity contribution in [3.63, 3.8) is 0 Å². The molecule has 3 nitrogen and oxygen atoms in total. The molecule has 0 spiro atoms. The Morgan fingerprint density at radius 1 is 1.33 bits per heavy atom. The summed E-state index contributed by atoms with van der Waals surface area (Å²) in [6.07, 6.45) is 4.88. The number of hydrogen-bond donors (Lipinski definition) is 2. The third-order valence-corrected chi connectivity index (χ3v) is 4.44. The smallest absolute Gasteiger partial charge is 0.138 e. The summed E-state index contributed by atoms with van der Waals surface area (Å²) in [7, 11) is 0. The Morgan fingerprint density at radius 2 is 2.14 bits per heavy atom. The van der Waals surface area contributed by atoms with Gasteiger partial charge in [0.05, 0.1) is 5.02 Å². The number of benzene rings is 1. The quantitative estimate of drug-likeness (QED) is 0.825. The molecule has 1 aliphatic rings. The summed E-state index contributed by atoms with van der Waals surface area (Å²) in [5.74, 6) is 0.152. The summed E-state index contributed by atoms with van der Waals surface area (Å²) >= 11 is 12.1. The van der Waals surface area contributed by atoms with E-state index >= 15 is 0 Å². The Bertz CT molecular complexity index is 462. The highest BCUT2D eigenvalue weighted by atomic mass is 35.5. The minimum absolute atomic E-state index is 0.152. The van der Waals surface area contributed by atoms with Crippen molar-refractivity contribution >= 4 is 23.2 Å². The molecule has 1 aliphatic heterocycles. The van der Waals surface area contributed by atoms with Crippen molar-refractivity contribution in [2.24, 2.45) is 0 Å². The number of aromatic hydroxyl groups is 1. The molecule has 1 aromatic carbocycles. The first kappa shape index (κ1) is 16.9. The number of phenolic OH excluding ortho intramolecular Hbond substituents is 1. The number of phenols is 1. The molecule has 0 bridgehead atoms. The van der Waals surface area contributed by atoms with Gasteiger partial charge in [-0.15, -0.1) is 0 Å². The van der Waals surface area contributed by atoms with E-state index in [1.807, 2.05) is 0 Å². The van der Waals surface area contributed by atoms with E-state index in [4.69, 9.17) is 23.2 Å². The van der Waals surface area contributed by atoms with Crippen molar-refractivity contribution in [3.8, 4) is 5.75 Å². The molecule has 1 unspecified atom stereocenters. The van der Waals surface area contributed by atoms with Crippen LogP contribution in [0.5, 0.6) is 5.75 Å². The van der Waals surface area contributed by atoms with Crippen LogP contribution >= 0.6 is 23.2 Å². The molecule has 21 heavy (non-hydrogen) atoms. The lowest BCUT2D eigenvalue weighted by atomic mass is 10.0. The number of halogens is 2. The summed E-state index contributed by atoms with van der Waals surface area (Å²) in [5.41, 5.74) is 0.803. The van der Waals surface area contributed by atoms with E-state index in [0.717, 1.165) is 31.6 Å². The molecule has 2 rings (SSSR count). The summed E-state index contributed by atoms with van der Waals surface area (Å²) in [6.45, 7) is 5.96. The molecular formula is C16H24Cl2N2O. The standard InChI is InChI=1S/C16H24Cl2N2O/c1-2-7-20(11-14-5-3-4-6-19-14)10-12-8-13(17)9-15(18)16(12)21/h8-9,14,19,21H,2-7,10-11H2,1H3. The van der Waals surface area contributed by atoms with Crippen LogP contribution < -0.4 is 5.32 Å². The van der Waals surface area contributed by atoms with E-state index in [2.05, 4.69) is 17.1 Å². The fraction of sp³-hybridized carbons (Fsp3) is 0.625. The van der Waals surface area contributed by atoms with E-state index < -0.39 is 0 Å². The van der Waals surface area contributed by atoms with Crippen molar-refractivity contribution in [1.29, 1.82) is 0 Å². The number of rotatable bonds is 6. The first-order valence-corrected chi connectivity index (χ1v) is 8.48. The number of piperidine rings is 1. The van der Waals surface area contributed by atoms with Gasteiger partial charge in [-0.25, -0.2) is 0 Å². The van der Waals surface area contributed by atoms with Crippen molar-refractivity contribution in [3.05, 3.63) is 27.7 Å². The normalized spacial score (nSPS) is 19.1. The Labute approximate surface area is 137 Å². The molecule has 118 valence electrons. The van der Waals surface area contributed by atoms with Gasteiger partial charge in [-0.3, -0.25) is 4.90 Å². The summed E-state index contributed by atoms with van der Waals surface area (Å²) in [6, 6.07) is 3.93. The number of nitrogens with one attached hydrogen (secondary N) is 1. The van der Waals surface area contributed by atoms with Crippen LogP contribution in [0.1, 0.15) is 38.2 Å². The fourth-order valence-electron chi connectivity index (χ4n) is 2.92. The van der Waals surface area contributed by atoms with E-state index in [1.165, 1.54) is 19.3 Å². The minimum atomic E-state index is 0.152. The van der Waals surface area contributed by atoms with Gasteiger partial charge in [0.1, 0.15) is 5.75 Å². The Morgan fingerprint density at radius 3 is 2.81 bits per heavy atom. The molecule has 0 radical (unpaired) electrons. The van der Waals surface area contributed by atoms with Gasteiger partial charge in [-0.05, 0) is 44.5 Å². The van der Waals surface area contributed by atoms with Crippen molar-refractivity contribution in [2.75, 3.05) is 19.6 Å². The molecule has 0 aliphatic carbocycles. The highest BCUT2D eigenvalue weighted by Gasteiger charge is 2.18. The number of hydrogen-bond acceptors (Lipinski definition) is 3. The fourth-order valence-corrected chi connectivity index (χ4v) is 3.46. The van der Waals surface area contributed by atoms with Crippen LogP contribution in [0.3, 0.4) is 0 Å². The zero-order valence-corrected chi connectivity index (χ0v) is 14.1. The zero-order valence-electron chi connectivity index (χ0n) is 12.5. The summed E-state index contributed by atoms with van der Waals surface area (Å²) < 4.78 is 0. The van der Waals surface area contributed by atoms with E-state index in [0.29, 0.717) is 22.6 Å². The maximum atomic E-state index is 10.1. The lowest BCUT2D eigenvalue weighted by Gasteiger charge is -2.30. The molecule has 1 fully saturated rings. The largest absolute Gasteiger partial charge is 0.506 e. The van der Waals surface area contributed by atoms with E-state index in [9.17, 15) is 5.11 Å². The summed E-state index contributed by atoms with van der Waals surface area (Å²) in [5, 5.41) is 14.6. The molecule has 1 saturated heterocycles. The van der Waals surface area contributed by atoms with Crippen molar-refractivity contribution in [2.45, 2.75) is 45.2 Å². The van der Waals surface area contributed by atoms with Crippen LogP contribution in [-0.4, -0.2) is 35.7 Å². The molecule has 1 aromatic rings. The first-order valence-electron chi connectivity index (χ1n) is 7.72. The monoisotopic (exact) mass is 330 g/mol. The first-order chi connectivity index (χ1) is 10.1. The Hall–Kier alpha value is -0.480. The third-order valence-electron chi connectivity index (χ3n) is 3.93. The van der Waals surface area contributed by atoms with Gasteiger partial charge >= 0.3 is 0 Å². The minimum Gasteiger partial charge on any atom is -0.506 e. The van der Waals surface area contributed by atoms with Gasteiger partial charge < -0.3 is 10.4 Å². The second-order valence-electron chi connectivity index (χ2n) is 5.78. The average Bonchev–Trinajstić information content (AvgIpc) is 2.45. The van der Waals surface area contributed by atoms with Gasteiger partial charge in [0.2, 0.25) is 0 Å². The molecule has 1 heterocycles. The molecule has 1 atom stereocenters. The van der Waals surface area contributed by atoms with Crippen LogP contribution in [0.25, 0.3) is 0 Å². The molecule has 0 amide bonds. The second kappa shape index (κ2) is 8.23. The van der Waals surface area contributed by atoms with Crippen LogP contribution in [0.4, 0.5) is 0 Å². The molecule has 0 aromatic heterocycles. The van der Waals surface area contributed by atoms with E-state index in [1.54, 1.807) is 12.1 Å². The topological polar surface area (TPSA) is 35.5 Å². The van der Waals surface area contributed by atoms with E-state index in [-0.39, 0.29) is 5.75 Å². The highest BCUT2D eigenvalue weighted by molar-refractivity contribution is 6.35. The van der Waals surface area contributed by atoms with Crippen LogP contribution in [0, 0.1) is 0 Å². The van der Waals surface area contributed by atoms with Crippen LogP contribution in [0.15, 0.2) is 12.1 Å². The van der Waals surface area contributed by atoms with Crippen LogP contribution in [-0.2, 0) is 6.54 Å². The molecular weight excluding hydrogens is 307 g/mol. The third kappa shape index (κ3) is 5.03. The highest BCUT2D eigenvalue weighted by Crippen LogP contribution is 2.32. The molecule has 0 saturated carbocycles. The van der Waals surface area contributed by atoms with Gasteiger partial charge in [-0.1, -0.05) is 36.5 Å². The molecule has 5 heteroatoms. The van der Waals surface area contributed by atoms with Crippen LogP contribution in [0.2, 0.25) is 10.0 Å². The average molecular weight is 331 g/mol. The van der Waals surface area contributed by atoms with Gasteiger partial charge in [0.25, 0.3) is 0 Å². The second-order valence-corrected chi connectivity index (χ2v) is 6.62. The van der Waals surface area contributed by atoms with Crippen molar-refractivity contribution in [1.82, 2.24) is 10.2 Å². The number of nitrogens with zero attached hydrogens (tertiary/aromatic N) is 1. The lowest BCUT2D eigenvalue weighted by molar-refractivity contribution is 0.215. The molecule has 2 N–H and O–H groups in total. The van der Waals surface area contributed by atoms with Gasteiger partial charge in [0, 0.05) is 29.7 Å².